The van der Waals surface area contributed by atoms with Crippen LogP contribution in [-0.2, 0) is 16.2 Å². The van der Waals surface area contributed by atoms with Crippen LogP contribution in [0.4, 0.5) is 23.2 Å². The Bertz CT molecular complexity index is 1050. The average molecular weight is 395 g/mol. The molecular formula is C19H13F4NO2S. The number of halogens is 4. The standard InChI is InChI=1S/C19H13F4NO2S/c20-16-10-15(19(21,22)23)11-17(12-16)24-27(25,26)18-8-6-14(7-9-18)13-4-2-1-3-5-13/h1-12,24H. The van der Waals surface area contributed by atoms with Crippen LogP contribution in [0.25, 0.3) is 11.1 Å². The molecule has 0 heterocycles. The van der Waals surface area contributed by atoms with Gasteiger partial charge in [0.1, 0.15) is 5.82 Å². The molecule has 0 amide bonds. The molecule has 0 saturated heterocycles. The molecule has 0 aliphatic rings. The maximum Gasteiger partial charge on any atom is 0.416 e. The SMILES string of the molecule is O=S(=O)(Nc1cc(F)cc(C(F)(F)F)c1)c1ccc(-c2ccccc2)cc1. The van der Waals surface area contributed by atoms with Gasteiger partial charge in [-0.1, -0.05) is 42.5 Å². The normalized spacial score (nSPS) is 12.0. The number of alkyl halides is 3. The first-order chi connectivity index (χ1) is 12.6. The third-order valence-electron chi connectivity index (χ3n) is 3.75. The molecule has 3 nitrogen and oxygen atoms in total. The molecule has 1 N–H and O–H groups in total. The van der Waals surface area contributed by atoms with E-state index >= 15 is 0 Å². The Labute approximate surface area is 153 Å². The lowest BCUT2D eigenvalue weighted by molar-refractivity contribution is -0.137. The molecule has 0 spiro atoms. The van der Waals surface area contributed by atoms with Crippen molar-refractivity contribution in [1.29, 1.82) is 0 Å². The fraction of sp³-hybridized carbons (Fsp3) is 0.0526. The van der Waals surface area contributed by atoms with Gasteiger partial charge in [0.05, 0.1) is 16.1 Å². The van der Waals surface area contributed by atoms with Gasteiger partial charge in [-0.2, -0.15) is 13.2 Å². The van der Waals surface area contributed by atoms with Gasteiger partial charge in [-0.15, -0.1) is 0 Å². The van der Waals surface area contributed by atoms with E-state index in [1.54, 1.807) is 12.1 Å². The minimum atomic E-state index is -4.79. The van der Waals surface area contributed by atoms with Crippen molar-refractivity contribution in [1.82, 2.24) is 0 Å². The Morgan fingerprint density at radius 3 is 1.96 bits per heavy atom. The quantitative estimate of drug-likeness (QED) is 0.609. The Morgan fingerprint density at radius 2 is 1.37 bits per heavy atom. The largest absolute Gasteiger partial charge is 0.416 e. The summed E-state index contributed by atoms with van der Waals surface area (Å²) < 4.78 is 78.5. The van der Waals surface area contributed by atoms with Crippen molar-refractivity contribution in [2.75, 3.05) is 4.72 Å². The van der Waals surface area contributed by atoms with E-state index in [-0.39, 0.29) is 4.90 Å². The van der Waals surface area contributed by atoms with Crippen LogP contribution in [0.3, 0.4) is 0 Å². The highest BCUT2D eigenvalue weighted by atomic mass is 32.2. The zero-order valence-corrected chi connectivity index (χ0v) is 14.5. The predicted octanol–water partition coefficient (Wildman–Crippen LogP) is 5.31. The van der Waals surface area contributed by atoms with Crippen LogP contribution < -0.4 is 4.72 Å². The second kappa shape index (κ2) is 7.03. The Morgan fingerprint density at radius 1 is 0.778 bits per heavy atom. The van der Waals surface area contributed by atoms with E-state index in [9.17, 15) is 26.0 Å². The van der Waals surface area contributed by atoms with E-state index < -0.39 is 33.3 Å². The zero-order valence-electron chi connectivity index (χ0n) is 13.7. The van der Waals surface area contributed by atoms with Gasteiger partial charge in [-0.25, -0.2) is 12.8 Å². The van der Waals surface area contributed by atoms with Crippen LogP contribution in [-0.4, -0.2) is 8.42 Å². The summed E-state index contributed by atoms with van der Waals surface area (Å²) in [5, 5.41) is 0. The predicted molar refractivity (Wildman–Crippen MR) is 94.1 cm³/mol. The topological polar surface area (TPSA) is 46.2 Å². The summed E-state index contributed by atoms with van der Waals surface area (Å²) in [7, 11) is -4.18. The van der Waals surface area contributed by atoms with Crippen molar-refractivity contribution in [3.63, 3.8) is 0 Å². The molecule has 0 aromatic heterocycles. The van der Waals surface area contributed by atoms with Gasteiger partial charge in [-0.05, 0) is 41.5 Å². The molecule has 3 rings (SSSR count). The lowest BCUT2D eigenvalue weighted by Crippen LogP contribution is -2.14. The number of sulfonamides is 1. The van der Waals surface area contributed by atoms with E-state index in [0.717, 1.165) is 11.1 Å². The second-order valence-corrected chi connectivity index (χ2v) is 7.40. The van der Waals surface area contributed by atoms with Gasteiger partial charge < -0.3 is 0 Å². The van der Waals surface area contributed by atoms with E-state index in [1.165, 1.54) is 12.1 Å². The monoisotopic (exact) mass is 395 g/mol. The van der Waals surface area contributed by atoms with Crippen LogP contribution in [0.1, 0.15) is 5.56 Å². The molecule has 0 radical (unpaired) electrons. The Balaban J connectivity index is 1.88. The van der Waals surface area contributed by atoms with Crippen molar-refractivity contribution in [2.45, 2.75) is 11.1 Å². The van der Waals surface area contributed by atoms with Crippen molar-refractivity contribution >= 4 is 15.7 Å². The summed E-state index contributed by atoms with van der Waals surface area (Å²) in [4.78, 5) is -0.153. The minimum absolute atomic E-state index is 0.153. The molecule has 0 aliphatic heterocycles. The molecule has 3 aromatic rings. The number of benzene rings is 3. The molecular weight excluding hydrogens is 382 g/mol. The van der Waals surface area contributed by atoms with Crippen molar-refractivity contribution in [3.8, 4) is 11.1 Å². The molecule has 140 valence electrons. The number of rotatable bonds is 4. The summed E-state index contributed by atoms with van der Waals surface area (Å²) in [6.07, 6.45) is -4.79. The van der Waals surface area contributed by atoms with E-state index in [0.29, 0.717) is 18.2 Å². The van der Waals surface area contributed by atoms with Gasteiger partial charge in [0.2, 0.25) is 0 Å². The van der Waals surface area contributed by atoms with Gasteiger partial charge >= 0.3 is 6.18 Å². The van der Waals surface area contributed by atoms with Gasteiger partial charge in [-0.3, -0.25) is 4.72 Å². The minimum Gasteiger partial charge on any atom is -0.280 e. The summed E-state index contributed by atoms with van der Waals surface area (Å²) in [5.74, 6) is -1.19. The first kappa shape index (κ1) is 18.9. The van der Waals surface area contributed by atoms with Crippen LogP contribution >= 0.6 is 0 Å². The fourth-order valence-electron chi connectivity index (χ4n) is 2.48. The fourth-order valence-corrected chi connectivity index (χ4v) is 3.52. The maximum absolute atomic E-state index is 13.4. The van der Waals surface area contributed by atoms with Crippen molar-refractivity contribution < 1.29 is 26.0 Å². The zero-order chi connectivity index (χ0) is 19.7. The molecule has 8 heteroatoms. The number of hydrogen-bond donors (Lipinski definition) is 1. The lowest BCUT2D eigenvalue weighted by Gasteiger charge is -2.12. The average Bonchev–Trinajstić information content (AvgIpc) is 2.61. The van der Waals surface area contributed by atoms with E-state index in [2.05, 4.69) is 0 Å². The third kappa shape index (κ3) is 4.46. The molecule has 0 saturated carbocycles. The lowest BCUT2D eigenvalue weighted by atomic mass is 10.1. The molecule has 0 unspecified atom stereocenters. The highest BCUT2D eigenvalue weighted by molar-refractivity contribution is 7.92. The highest BCUT2D eigenvalue weighted by Crippen LogP contribution is 2.32. The van der Waals surface area contributed by atoms with Crippen LogP contribution in [0, 0.1) is 5.82 Å². The highest BCUT2D eigenvalue weighted by Gasteiger charge is 2.31. The summed E-state index contributed by atoms with van der Waals surface area (Å²) in [6.45, 7) is 0. The van der Waals surface area contributed by atoms with E-state index in [1.807, 2.05) is 35.1 Å². The van der Waals surface area contributed by atoms with Crippen molar-refractivity contribution in [3.05, 3.63) is 84.2 Å². The Kier molecular flexibility index (Phi) is 4.93. The third-order valence-corrected chi connectivity index (χ3v) is 5.15. The van der Waals surface area contributed by atoms with Crippen LogP contribution in [0.15, 0.2) is 77.7 Å². The number of hydrogen-bond acceptors (Lipinski definition) is 2. The van der Waals surface area contributed by atoms with Gasteiger partial charge in [0, 0.05) is 0 Å². The number of nitrogens with one attached hydrogen (secondary N) is 1. The first-order valence-electron chi connectivity index (χ1n) is 7.71. The van der Waals surface area contributed by atoms with E-state index in [4.69, 9.17) is 0 Å². The molecule has 3 aromatic carbocycles. The Hall–Kier alpha value is -2.87. The number of anilines is 1. The van der Waals surface area contributed by atoms with Gasteiger partial charge in [0.15, 0.2) is 0 Å². The maximum atomic E-state index is 13.4. The summed E-state index contributed by atoms with van der Waals surface area (Å²) in [5.41, 5.74) is -0.122. The second-order valence-electron chi connectivity index (χ2n) is 5.72. The smallest absolute Gasteiger partial charge is 0.280 e. The molecule has 27 heavy (non-hydrogen) atoms. The van der Waals surface area contributed by atoms with Crippen LogP contribution in [0.2, 0.25) is 0 Å². The summed E-state index contributed by atoms with van der Waals surface area (Å²) in [6, 6.07) is 16.6. The molecule has 0 aliphatic carbocycles. The van der Waals surface area contributed by atoms with Gasteiger partial charge in [0.25, 0.3) is 10.0 Å². The molecule has 0 atom stereocenters. The molecule has 0 fully saturated rings. The summed E-state index contributed by atoms with van der Waals surface area (Å²) >= 11 is 0. The first-order valence-corrected chi connectivity index (χ1v) is 9.19. The van der Waals surface area contributed by atoms with Crippen molar-refractivity contribution in [2.24, 2.45) is 0 Å². The van der Waals surface area contributed by atoms with Crippen LogP contribution in [0.5, 0.6) is 0 Å². The molecule has 0 bridgehead atoms.